The second-order valence-corrected chi connectivity index (χ2v) is 6.64. The van der Waals surface area contributed by atoms with Gasteiger partial charge < -0.3 is 29.6 Å². The predicted octanol–water partition coefficient (Wildman–Crippen LogP) is 4.46. The molecule has 1 rings (SSSR count). The Hall–Kier alpha value is -2.15. The van der Waals surface area contributed by atoms with Gasteiger partial charge in [0, 0.05) is 31.9 Å². The molecule has 0 bridgehead atoms. The smallest absolute Gasteiger partial charge is 0.319 e. The standard InChI is InChI=1S/C21H36N2O5/c1-6-8-10-16(7-2)15-28-12-9-11-22-21(24)23-17-13-18(25-3)20(27-5)19(14-17)26-4/h13-14,16H,6-12,15H2,1-5H3,(H2,22,23,24). The van der Waals surface area contributed by atoms with Crippen LogP contribution in [-0.4, -0.2) is 47.1 Å². The molecule has 1 unspecified atom stereocenters. The number of amides is 2. The fourth-order valence-electron chi connectivity index (χ4n) is 2.85. The van der Waals surface area contributed by atoms with Gasteiger partial charge >= 0.3 is 6.03 Å². The maximum atomic E-state index is 12.1. The van der Waals surface area contributed by atoms with Gasteiger partial charge in [-0.2, -0.15) is 0 Å². The highest BCUT2D eigenvalue weighted by atomic mass is 16.5. The monoisotopic (exact) mass is 396 g/mol. The summed E-state index contributed by atoms with van der Waals surface area (Å²) in [5.74, 6) is 2.09. The van der Waals surface area contributed by atoms with Crippen LogP contribution in [0.1, 0.15) is 46.0 Å². The van der Waals surface area contributed by atoms with E-state index in [1.165, 1.54) is 40.6 Å². The van der Waals surface area contributed by atoms with Crippen LogP contribution in [0.3, 0.4) is 0 Å². The molecule has 0 fully saturated rings. The van der Waals surface area contributed by atoms with Gasteiger partial charge in [0.15, 0.2) is 11.5 Å². The first-order chi connectivity index (χ1) is 13.6. The summed E-state index contributed by atoms with van der Waals surface area (Å²) in [4.78, 5) is 12.1. The van der Waals surface area contributed by atoms with Crippen molar-refractivity contribution in [3.63, 3.8) is 0 Å². The van der Waals surface area contributed by atoms with Crippen molar-refractivity contribution in [2.45, 2.75) is 46.0 Å². The van der Waals surface area contributed by atoms with E-state index in [0.717, 1.165) is 19.4 Å². The number of anilines is 1. The van der Waals surface area contributed by atoms with Crippen molar-refractivity contribution in [3.05, 3.63) is 12.1 Å². The van der Waals surface area contributed by atoms with Crippen molar-refractivity contribution in [3.8, 4) is 17.2 Å². The third-order valence-electron chi connectivity index (χ3n) is 4.57. The average Bonchev–Trinajstić information content (AvgIpc) is 2.71. The molecule has 7 nitrogen and oxygen atoms in total. The van der Waals surface area contributed by atoms with Crippen LogP contribution in [0.5, 0.6) is 17.2 Å². The summed E-state index contributed by atoms with van der Waals surface area (Å²) in [5.41, 5.74) is 0.560. The number of rotatable bonds is 14. The van der Waals surface area contributed by atoms with Gasteiger partial charge in [0.2, 0.25) is 5.75 Å². The van der Waals surface area contributed by atoms with Gasteiger partial charge in [-0.25, -0.2) is 4.79 Å². The molecule has 0 aromatic heterocycles. The molecule has 0 saturated carbocycles. The van der Waals surface area contributed by atoms with Crippen molar-refractivity contribution in [2.75, 3.05) is 46.4 Å². The van der Waals surface area contributed by atoms with Crippen LogP contribution in [0.15, 0.2) is 12.1 Å². The summed E-state index contributed by atoms with van der Waals surface area (Å²) < 4.78 is 21.6. The maximum Gasteiger partial charge on any atom is 0.319 e. The average molecular weight is 397 g/mol. The molecule has 0 aliphatic heterocycles. The number of urea groups is 1. The van der Waals surface area contributed by atoms with E-state index in [4.69, 9.17) is 18.9 Å². The fourth-order valence-corrected chi connectivity index (χ4v) is 2.85. The Morgan fingerprint density at radius 1 is 1.04 bits per heavy atom. The summed E-state index contributed by atoms with van der Waals surface area (Å²) in [6, 6.07) is 3.08. The van der Waals surface area contributed by atoms with Crippen LogP contribution in [-0.2, 0) is 4.74 Å². The Kier molecular flexibility index (Phi) is 11.9. The minimum absolute atomic E-state index is 0.288. The number of hydrogen-bond acceptors (Lipinski definition) is 5. The molecule has 0 aliphatic carbocycles. The van der Waals surface area contributed by atoms with E-state index in [0.29, 0.717) is 42.0 Å². The molecule has 2 N–H and O–H groups in total. The topological polar surface area (TPSA) is 78.1 Å². The number of hydrogen-bond donors (Lipinski definition) is 2. The molecular formula is C21H36N2O5. The molecular weight excluding hydrogens is 360 g/mol. The highest BCUT2D eigenvalue weighted by molar-refractivity contribution is 5.90. The number of nitrogens with one attached hydrogen (secondary N) is 2. The van der Waals surface area contributed by atoms with Gasteiger partial charge in [0.25, 0.3) is 0 Å². The molecule has 0 spiro atoms. The lowest BCUT2D eigenvalue weighted by atomic mass is 10.0. The first-order valence-corrected chi connectivity index (χ1v) is 10.0. The molecule has 1 aromatic carbocycles. The quantitative estimate of drug-likeness (QED) is 0.454. The third kappa shape index (κ3) is 8.25. The largest absolute Gasteiger partial charge is 0.493 e. The number of unbranched alkanes of at least 4 members (excludes halogenated alkanes) is 1. The Morgan fingerprint density at radius 3 is 2.25 bits per heavy atom. The number of ether oxygens (including phenoxy) is 4. The Labute approximate surface area is 169 Å². The van der Waals surface area contributed by atoms with E-state index in [2.05, 4.69) is 24.5 Å². The normalized spacial score (nSPS) is 11.6. The van der Waals surface area contributed by atoms with Gasteiger partial charge in [-0.1, -0.05) is 33.1 Å². The van der Waals surface area contributed by atoms with E-state index in [1.54, 1.807) is 12.1 Å². The number of methoxy groups -OCH3 is 3. The van der Waals surface area contributed by atoms with Crippen LogP contribution in [0.25, 0.3) is 0 Å². The number of benzene rings is 1. The van der Waals surface area contributed by atoms with Crippen LogP contribution in [0, 0.1) is 5.92 Å². The Morgan fingerprint density at radius 2 is 1.71 bits per heavy atom. The van der Waals surface area contributed by atoms with Crippen molar-refractivity contribution in [1.82, 2.24) is 5.32 Å². The summed E-state index contributed by atoms with van der Waals surface area (Å²) in [6.45, 7) is 6.41. The van der Waals surface area contributed by atoms with Crippen molar-refractivity contribution in [2.24, 2.45) is 5.92 Å². The molecule has 0 aliphatic rings. The molecule has 1 aromatic rings. The summed E-state index contributed by atoms with van der Waals surface area (Å²) in [5, 5.41) is 5.61. The second kappa shape index (κ2) is 13.9. The van der Waals surface area contributed by atoms with Gasteiger partial charge in [0.05, 0.1) is 27.0 Å². The first kappa shape index (κ1) is 23.9. The van der Waals surface area contributed by atoms with Crippen molar-refractivity contribution < 1.29 is 23.7 Å². The molecule has 7 heteroatoms. The maximum absolute atomic E-state index is 12.1. The van der Waals surface area contributed by atoms with Gasteiger partial charge in [0.1, 0.15) is 0 Å². The van der Waals surface area contributed by atoms with E-state index >= 15 is 0 Å². The molecule has 0 heterocycles. The summed E-state index contributed by atoms with van der Waals surface area (Å²) in [7, 11) is 4.60. The SMILES string of the molecule is CCCCC(CC)COCCCNC(=O)Nc1cc(OC)c(OC)c(OC)c1. The van der Waals surface area contributed by atoms with Crippen LogP contribution in [0.2, 0.25) is 0 Å². The minimum atomic E-state index is -0.288. The molecule has 1 atom stereocenters. The zero-order valence-corrected chi connectivity index (χ0v) is 17.9. The predicted molar refractivity (Wildman–Crippen MR) is 112 cm³/mol. The number of carbonyl (C=O) groups is 1. The molecule has 0 saturated heterocycles. The number of carbonyl (C=O) groups excluding carboxylic acids is 1. The molecule has 160 valence electrons. The summed E-state index contributed by atoms with van der Waals surface area (Å²) >= 11 is 0. The minimum Gasteiger partial charge on any atom is -0.493 e. The molecule has 28 heavy (non-hydrogen) atoms. The lowest BCUT2D eigenvalue weighted by Gasteiger charge is -2.15. The zero-order valence-electron chi connectivity index (χ0n) is 17.9. The van der Waals surface area contributed by atoms with E-state index in [9.17, 15) is 4.79 Å². The lowest BCUT2D eigenvalue weighted by Crippen LogP contribution is -2.30. The van der Waals surface area contributed by atoms with Gasteiger partial charge in [-0.15, -0.1) is 0 Å². The first-order valence-electron chi connectivity index (χ1n) is 10.0. The zero-order chi connectivity index (χ0) is 20.8. The van der Waals surface area contributed by atoms with Crippen LogP contribution >= 0.6 is 0 Å². The highest BCUT2D eigenvalue weighted by Crippen LogP contribution is 2.39. The van der Waals surface area contributed by atoms with Gasteiger partial charge in [-0.3, -0.25) is 0 Å². The highest BCUT2D eigenvalue weighted by Gasteiger charge is 2.14. The van der Waals surface area contributed by atoms with E-state index < -0.39 is 0 Å². The summed E-state index contributed by atoms with van der Waals surface area (Å²) in [6.07, 6.45) is 5.62. The second-order valence-electron chi connectivity index (χ2n) is 6.64. The Balaban J connectivity index is 2.35. The van der Waals surface area contributed by atoms with Crippen LogP contribution in [0.4, 0.5) is 10.5 Å². The lowest BCUT2D eigenvalue weighted by molar-refractivity contribution is 0.0925. The van der Waals surface area contributed by atoms with E-state index in [-0.39, 0.29) is 6.03 Å². The fraction of sp³-hybridized carbons (Fsp3) is 0.667. The molecule has 2 amide bonds. The van der Waals surface area contributed by atoms with Gasteiger partial charge in [-0.05, 0) is 18.8 Å². The van der Waals surface area contributed by atoms with Crippen molar-refractivity contribution >= 4 is 11.7 Å². The Bertz CT molecular complexity index is 555. The third-order valence-corrected chi connectivity index (χ3v) is 4.57. The van der Waals surface area contributed by atoms with Crippen LogP contribution < -0.4 is 24.8 Å². The van der Waals surface area contributed by atoms with Crippen molar-refractivity contribution in [1.29, 1.82) is 0 Å². The van der Waals surface area contributed by atoms with E-state index in [1.807, 2.05) is 0 Å². The molecule has 0 radical (unpaired) electrons.